The maximum absolute atomic E-state index is 14.0. The molecule has 166 valence electrons. The molecule has 2 fully saturated rings. The Bertz CT molecular complexity index is 869. The minimum atomic E-state index is -0.672. The Kier molecular flexibility index (Phi) is 6.91. The summed E-state index contributed by atoms with van der Waals surface area (Å²) in [5, 5.41) is 0. The summed E-state index contributed by atoms with van der Waals surface area (Å²) in [6.07, 6.45) is 7.46. The Labute approximate surface area is 184 Å². The van der Waals surface area contributed by atoms with Crippen LogP contribution in [0.25, 0.3) is 0 Å². The third-order valence-electron chi connectivity index (χ3n) is 6.98. The second-order valence-electron chi connectivity index (χ2n) is 9.16. The predicted octanol–water partition coefficient (Wildman–Crippen LogP) is 5.46. The molecule has 1 saturated heterocycles. The molecular formula is C26H32FNO3. The molecular weight excluding hydrogens is 393 g/mol. The lowest BCUT2D eigenvalue weighted by Gasteiger charge is -2.52. The predicted molar refractivity (Wildman–Crippen MR) is 119 cm³/mol. The molecule has 1 aliphatic carbocycles. The van der Waals surface area contributed by atoms with E-state index in [1.54, 1.807) is 6.07 Å². The average molecular weight is 426 g/mol. The first-order valence-corrected chi connectivity index (χ1v) is 11.3. The Morgan fingerprint density at radius 1 is 1.13 bits per heavy atom. The van der Waals surface area contributed by atoms with Gasteiger partial charge in [0.1, 0.15) is 11.6 Å². The van der Waals surface area contributed by atoms with Crippen LogP contribution in [0.5, 0.6) is 5.75 Å². The normalized spacial score (nSPS) is 18.5. The Hall–Kier alpha value is -2.40. The van der Waals surface area contributed by atoms with Crippen molar-refractivity contribution in [3.05, 3.63) is 65.5 Å². The third kappa shape index (κ3) is 5.45. The number of halogens is 1. The fourth-order valence-corrected chi connectivity index (χ4v) is 5.23. The highest BCUT2D eigenvalue weighted by Crippen LogP contribution is 2.54. The number of likely N-dealkylation sites (tertiary alicyclic amines) is 1. The highest BCUT2D eigenvalue weighted by molar-refractivity contribution is 5.89. The zero-order valence-electron chi connectivity index (χ0n) is 18.3. The lowest BCUT2D eigenvalue weighted by molar-refractivity contribution is -0.0196. The van der Waals surface area contributed by atoms with Crippen LogP contribution in [0.15, 0.2) is 48.5 Å². The monoisotopic (exact) mass is 425 g/mol. The maximum atomic E-state index is 14.0. The van der Waals surface area contributed by atoms with Crippen LogP contribution in [0.3, 0.4) is 0 Å². The van der Waals surface area contributed by atoms with Gasteiger partial charge in [-0.25, -0.2) is 9.18 Å². The van der Waals surface area contributed by atoms with Crippen molar-refractivity contribution in [2.24, 2.45) is 11.3 Å². The zero-order chi connectivity index (χ0) is 21.7. The number of benzene rings is 2. The van der Waals surface area contributed by atoms with Crippen LogP contribution in [0.2, 0.25) is 0 Å². The van der Waals surface area contributed by atoms with E-state index >= 15 is 0 Å². The summed E-state index contributed by atoms with van der Waals surface area (Å²) in [5.41, 5.74) is 1.92. The number of nitrogens with zero attached hydrogens (tertiary/aromatic N) is 1. The summed E-state index contributed by atoms with van der Waals surface area (Å²) < 4.78 is 24.2. The van der Waals surface area contributed by atoms with E-state index in [4.69, 9.17) is 4.74 Å². The van der Waals surface area contributed by atoms with Gasteiger partial charge in [-0.15, -0.1) is 0 Å². The van der Waals surface area contributed by atoms with Gasteiger partial charge < -0.3 is 9.47 Å². The van der Waals surface area contributed by atoms with E-state index in [2.05, 4.69) is 40.0 Å². The van der Waals surface area contributed by atoms with Crippen LogP contribution in [-0.2, 0) is 11.3 Å². The van der Waals surface area contributed by atoms with E-state index in [0.29, 0.717) is 17.8 Å². The number of carbonyl (C=O) groups excluding carboxylic acids is 1. The van der Waals surface area contributed by atoms with Crippen LogP contribution in [0.1, 0.15) is 54.4 Å². The first-order valence-electron chi connectivity index (χ1n) is 11.3. The van der Waals surface area contributed by atoms with Crippen molar-refractivity contribution in [1.82, 2.24) is 4.90 Å². The van der Waals surface area contributed by atoms with E-state index < -0.39 is 11.8 Å². The van der Waals surface area contributed by atoms with Crippen molar-refractivity contribution in [1.29, 1.82) is 0 Å². The number of ether oxygens (including phenoxy) is 2. The van der Waals surface area contributed by atoms with Crippen molar-refractivity contribution >= 4 is 5.97 Å². The molecule has 4 nitrogen and oxygen atoms in total. The SMILES string of the molecule is COC(=O)c1ccc(OCCCC2CC3(CCN(Cc4ccccc4)CC3)C2)cc1F. The molecule has 2 aromatic carbocycles. The summed E-state index contributed by atoms with van der Waals surface area (Å²) in [5.74, 6) is -0.0264. The molecule has 0 bridgehead atoms. The Balaban J connectivity index is 1.12. The Morgan fingerprint density at radius 3 is 2.55 bits per heavy atom. The summed E-state index contributed by atoms with van der Waals surface area (Å²) in [7, 11) is 1.24. The van der Waals surface area contributed by atoms with Gasteiger partial charge in [-0.3, -0.25) is 4.90 Å². The molecule has 1 saturated carbocycles. The number of hydrogen-bond acceptors (Lipinski definition) is 4. The van der Waals surface area contributed by atoms with Crippen LogP contribution >= 0.6 is 0 Å². The van der Waals surface area contributed by atoms with Crippen molar-refractivity contribution in [2.45, 2.75) is 45.1 Å². The second kappa shape index (κ2) is 9.82. The third-order valence-corrected chi connectivity index (χ3v) is 6.98. The van der Waals surface area contributed by atoms with Crippen molar-refractivity contribution in [3.8, 4) is 5.75 Å². The molecule has 1 heterocycles. The summed E-state index contributed by atoms with van der Waals surface area (Å²) in [4.78, 5) is 14.0. The van der Waals surface area contributed by atoms with Gasteiger partial charge in [-0.1, -0.05) is 30.3 Å². The number of methoxy groups -OCH3 is 1. The molecule has 2 aromatic rings. The molecule has 2 aliphatic rings. The van der Waals surface area contributed by atoms with E-state index in [0.717, 1.165) is 25.3 Å². The second-order valence-corrected chi connectivity index (χ2v) is 9.16. The van der Waals surface area contributed by atoms with Crippen molar-refractivity contribution in [2.75, 3.05) is 26.8 Å². The fraction of sp³-hybridized carbons (Fsp3) is 0.500. The topological polar surface area (TPSA) is 38.8 Å². The van der Waals surface area contributed by atoms with Gasteiger partial charge >= 0.3 is 5.97 Å². The Morgan fingerprint density at radius 2 is 1.87 bits per heavy atom. The molecule has 0 radical (unpaired) electrons. The number of rotatable bonds is 8. The molecule has 0 N–H and O–H groups in total. The molecule has 0 atom stereocenters. The highest BCUT2D eigenvalue weighted by atomic mass is 19.1. The van der Waals surface area contributed by atoms with Gasteiger partial charge in [0, 0.05) is 12.6 Å². The lowest BCUT2D eigenvalue weighted by atomic mass is 9.56. The van der Waals surface area contributed by atoms with Gasteiger partial charge in [-0.05, 0) is 80.6 Å². The van der Waals surface area contributed by atoms with Crippen molar-refractivity contribution < 1.29 is 18.7 Å². The van der Waals surface area contributed by atoms with Gasteiger partial charge in [0.25, 0.3) is 0 Å². The lowest BCUT2D eigenvalue weighted by Crippen LogP contribution is -2.46. The first-order chi connectivity index (χ1) is 15.1. The van der Waals surface area contributed by atoms with Crippen LogP contribution in [-0.4, -0.2) is 37.7 Å². The number of carbonyl (C=O) groups is 1. The summed E-state index contributed by atoms with van der Waals surface area (Å²) in [6, 6.07) is 15.0. The number of piperidine rings is 1. The van der Waals surface area contributed by atoms with E-state index in [-0.39, 0.29) is 5.56 Å². The summed E-state index contributed by atoms with van der Waals surface area (Å²) >= 11 is 0. The van der Waals surface area contributed by atoms with Crippen LogP contribution in [0, 0.1) is 17.2 Å². The van der Waals surface area contributed by atoms with Gasteiger partial charge in [0.15, 0.2) is 0 Å². The first kappa shape index (κ1) is 21.8. The molecule has 4 rings (SSSR count). The maximum Gasteiger partial charge on any atom is 0.340 e. The molecule has 0 amide bonds. The standard InChI is InChI=1S/C26H32FNO3/c1-30-25(29)23-10-9-22(16-24(23)27)31-15-5-8-21-17-26(18-21)11-13-28(14-12-26)19-20-6-3-2-4-7-20/h2-4,6-7,9-10,16,21H,5,8,11-15,17-19H2,1H3. The highest BCUT2D eigenvalue weighted by Gasteiger charge is 2.45. The fourth-order valence-electron chi connectivity index (χ4n) is 5.23. The molecule has 0 unspecified atom stereocenters. The minimum absolute atomic E-state index is 0.0653. The van der Waals surface area contributed by atoms with E-state index in [1.807, 2.05) is 0 Å². The van der Waals surface area contributed by atoms with Crippen LogP contribution < -0.4 is 4.74 Å². The minimum Gasteiger partial charge on any atom is -0.493 e. The van der Waals surface area contributed by atoms with E-state index in [1.165, 1.54) is 63.6 Å². The van der Waals surface area contributed by atoms with Crippen LogP contribution in [0.4, 0.5) is 4.39 Å². The molecule has 31 heavy (non-hydrogen) atoms. The van der Waals surface area contributed by atoms with E-state index in [9.17, 15) is 9.18 Å². The van der Waals surface area contributed by atoms with Gasteiger partial charge in [0.2, 0.25) is 0 Å². The number of esters is 1. The molecule has 1 aliphatic heterocycles. The summed E-state index contributed by atoms with van der Waals surface area (Å²) in [6.45, 7) is 4.06. The van der Waals surface area contributed by atoms with Gasteiger partial charge in [0.05, 0.1) is 19.3 Å². The largest absolute Gasteiger partial charge is 0.493 e. The number of hydrogen-bond donors (Lipinski definition) is 0. The molecule has 5 heteroatoms. The molecule has 1 spiro atoms. The average Bonchev–Trinajstić information content (AvgIpc) is 2.77. The van der Waals surface area contributed by atoms with Gasteiger partial charge in [-0.2, -0.15) is 0 Å². The molecule has 0 aromatic heterocycles. The van der Waals surface area contributed by atoms with Crippen molar-refractivity contribution in [3.63, 3.8) is 0 Å². The zero-order valence-corrected chi connectivity index (χ0v) is 18.3. The quantitative estimate of drug-likeness (QED) is 0.416. The smallest absolute Gasteiger partial charge is 0.340 e.